The largest absolute Gasteiger partial charge is 0.376 e. The summed E-state index contributed by atoms with van der Waals surface area (Å²) in [5.41, 5.74) is 1.93. The Labute approximate surface area is 153 Å². The molecule has 1 saturated carbocycles. The second kappa shape index (κ2) is 7.05. The zero-order chi connectivity index (χ0) is 18.1. The van der Waals surface area contributed by atoms with Gasteiger partial charge in [-0.25, -0.2) is 4.68 Å². The van der Waals surface area contributed by atoms with Gasteiger partial charge < -0.3 is 10.2 Å². The smallest absolute Gasteiger partial charge is 0.242 e. The number of nitrogens with zero attached hydrogens (tertiary/aromatic N) is 5. The molecule has 2 aliphatic rings. The highest BCUT2D eigenvalue weighted by molar-refractivity contribution is 5.81. The lowest BCUT2D eigenvalue weighted by Gasteiger charge is -2.39. The number of carbonyl (C=O) groups is 1. The van der Waals surface area contributed by atoms with E-state index in [1.807, 2.05) is 33.8 Å². The third-order valence-corrected chi connectivity index (χ3v) is 5.45. The van der Waals surface area contributed by atoms with Crippen molar-refractivity contribution in [1.29, 1.82) is 0 Å². The van der Waals surface area contributed by atoms with Crippen molar-refractivity contribution < 1.29 is 4.79 Å². The minimum Gasteiger partial charge on any atom is -0.376 e. The van der Waals surface area contributed by atoms with E-state index in [0.717, 1.165) is 42.8 Å². The van der Waals surface area contributed by atoms with Crippen LogP contribution in [0.3, 0.4) is 0 Å². The zero-order valence-corrected chi connectivity index (χ0v) is 15.4. The molecule has 0 spiro atoms. The Balaban J connectivity index is 1.38. The van der Waals surface area contributed by atoms with Gasteiger partial charge in [-0.1, -0.05) is 0 Å². The fourth-order valence-corrected chi connectivity index (χ4v) is 3.87. The zero-order valence-electron chi connectivity index (χ0n) is 15.4. The number of hydrogen-bond acceptors (Lipinski definition) is 5. The van der Waals surface area contributed by atoms with Gasteiger partial charge in [-0.2, -0.15) is 0 Å². The molecular formula is C19H26N6O. The maximum atomic E-state index is 12.6. The summed E-state index contributed by atoms with van der Waals surface area (Å²) in [7, 11) is 0. The highest BCUT2D eigenvalue weighted by Gasteiger charge is 2.29. The van der Waals surface area contributed by atoms with Crippen molar-refractivity contribution in [2.45, 2.75) is 64.1 Å². The molecule has 0 bridgehead atoms. The number of benzene rings is 1. The lowest BCUT2D eigenvalue weighted by Crippen LogP contribution is -2.49. The lowest BCUT2D eigenvalue weighted by molar-refractivity contribution is -0.135. The summed E-state index contributed by atoms with van der Waals surface area (Å²) in [4.78, 5) is 14.6. The van der Waals surface area contributed by atoms with Gasteiger partial charge >= 0.3 is 0 Å². The van der Waals surface area contributed by atoms with E-state index in [1.165, 1.54) is 6.42 Å². The number of rotatable bonds is 5. The fourth-order valence-electron chi connectivity index (χ4n) is 3.87. The van der Waals surface area contributed by atoms with Crippen molar-refractivity contribution in [3.8, 4) is 11.4 Å². The van der Waals surface area contributed by atoms with E-state index in [4.69, 9.17) is 0 Å². The number of tetrazole rings is 1. The predicted molar refractivity (Wildman–Crippen MR) is 99.6 cm³/mol. The molecule has 0 radical (unpaired) electrons. The summed E-state index contributed by atoms with van der Waals surface area (Å²) < 4.78 is 1.91. The number of carbonyl (C=O) groups excluding carboxylic acids is 1. The minimum atomic E-state index is 0.173. The number of anilines is 1. The first-order valence-corrected chi connectivity index (χ1v) is 9.57. The number of aromatic nitrogens is 4. The summed E-state index contributed by atoms with van der Waals surface area (Å²) in [6.45, 7) is 4.62. The summed E-state index contributed by atoms with van der Waals surface area (Å²) in [5, 5.41) is 15.3. The molecule has 1 aromatic carbocycles. The molecule has 1 N–H and O–H groups in total. The molecule has 7 heteroatoms. The first-order valence-electron chi connectivity index (χ1n) is 9.57. The Morgan fingerprint density at radius 2 is 1.81 bits per heavy atom. The molecular weight excluding hydrogens is 328 g/mol. The van der Waals surface area contributed by atoms with Crippen LogP contribution >= 0.6 is 0 Å². The monoisotopic (exact) mass is 354 g/mol. The van der Waals surface area contributed by atoms with Crippen molar-refractivity contribution in [3.63, 3.8) is 0 Å². The minimum absolute atomic E-state index is 0.173. The van der Waals surface area contributed by atoms with E-state index < -0.39 is 0 Å². The predicted octanol–water partition coefficient (Wildman–Crippen LogP) is 2.88. The molecule has 1 amide bonds. The number of hydrogen-bond donors (Lipinski definition) is 1. The molecule has 7 nitrogen and oxygen atoms in total. The third-order valence-electron chi connectivity index (χ3n) is 5.45. The molecule has 26 heavy (non-hydrogen) atoms. The van der Waals surface area contributed by atoms with Crippen LogP contribution in [0.5, 0.6) is 0 Å². The first kappa shape index (κ1) is 17.0. The van der Waals surface area contributed by atoms with Gasteiger partial charge in [0.1, 0.15) is 0 Å². The van der Waals surface area contributed by atoms with Gasteiger partial charge in [0, 0.05) is 23.3 Å². The van der Waals surface area contributed by atoms with Crippen LogP contribution < -0.4 is 5.32 Å². The molecule has 2 heterocycles. The van der Waals surface area contributed by atoms with Crippen molar-refractivity contribution in [3.05, 3.63) is 24.3 Å². The van der Waals surface area contributed by atoms with Gasteiger partial charge in [0.15, 0.2) is 5.82 Å². The van der Waals surface area contributed by atoms with Crippen LogP contribution in [0.1, 0.15) is 52.0 Å². The lowest BCUT2D eigenvalue weighted by atomic mass is 9.97. The molecule has 4 rings (SSSR count). The summed E-state index contributed by atoms with van der Waals surface area (Å²) in [6, 6.07) is 9.08. The molecule has 2 unspecified atom stereocenters. The van der Waals surface area contributed by atoms with Crippen LogP contribution in [0, 0.1) is 0 Å². The van der Waals surface area contributed by atoms with E-state index in [1.54, 1.807) is 0 Å². The van der Waals surface area contributed by atoms with Crippen LogP contribution in [-0.4, -0.2) is 49.6 Å². The number of amides is 1. The average Bonchev–Trinajstić information content (AvgIpc) is 3.37. The Hall–Kier alpha value is -2.44. The van der Waals surface area contributed by atoms with Crippen molar-refractivity contribution in [1.82, 2.24) is 25.1 Å². The Morgan fingerprint density at radius 1 is 1.12 bits per heavy atom. The maximum Gasteiger partial charge on any atom is 0.242 e. The van der Waals surface area contributed by atoms with Gasteiger partial charge in [0.2, 0.25) is 5.91 Å². The Morgan fingerprint density at radius 3 is 2.46 bits per heavy atom. The summed E-state index contributed by atoms with van der Waals surface area (Å²) in [6.07, 6.45) is 5.70. The Kier molecular flexibility index (Phi) is 4.61. The summed E-state index contributed by atoms with van der Waals surface area (Å²) in [5.74, 6) is 0.984. The second-order valence-corrected chi connectivity index (χ2v) is 7.54. The Bertz CT molecular complexity index is 757. The topological polar surface area (TPSA) is 75.9 Å². The van der Waals surface area contributed by atoms with Crippen molar-refractivity contribution >= 4 is 11.6 Å². The fraction of sp³-hybridized carbons (Fsp3) is 0.579. The number of likely N-dealkylation sites (tertiary alicyclic amines) is 1. The van der Waals surface area contributed by atoms with Crippen LogP contribution in [0.2, 0.25) is 0 Å². The van der Waals surface area contributed by atoms with Gasteiger partial charge in [0.25, 0.3) is 0 Å². The van der Waals surface area contributed by atoms with E-state index >= 15 is 0 Å². The highest BCUT2D eigenvalue weighted by Crippen LogP contribution is 2.36. The molecule has 2 atom stereocenters. The normalized spacial score (nSPS) is 23.1. The molecule has 1 saturated heterocycles. The molecule has 2 fully saturated rings. The number of piperidine rings is 1. The van der Waals surface area contributed by atoms with Gasteiger partial charge in [-0.15, -0.1) is 5.10 Å². The van der Waals surface area contributed by atoms with Crippen LogP contribution in [0.25, 0.3) is 11.4 Å². The van der Waals surface area contributed by atoms with E-state index in [2.05, 4.69) is 34.7 Å². The summed E-state index contributed by atoms with van der Waals surface area (Å²) >= 11 is 0. The van der Waals surface area contributed by atoms with Crippen LogP contribution in [0.15, 0.2) is 24.3 Å². The second-order valence-electron chi connectivity index (χ2n) is 7.54. The first-order chi connectivity index (χ1) is 12.6. The average molecular weight is 354 g/mol. The van der Waals surface area contributed by atoms with Gasteiger partial charge in [-0.3, -0.25) is 4.79 Å². The third kappa shape index (κ3) is 3.43. The van der Waals surface area contributed by atoms with E-state index in [9.17, 15) is 4.79 Å². The molecule has 2 aromatic rings. The standard InChI is InChI=1S/C19H26N6O/c1-13-4-3-5-14(2)24(13)18(26)12-20-16-8-6-15(7-9-16)19-21-22-23-25(19)17-10-11-17/h6-9,13-14,17,20H,3-5,10-12H2,1-2H3. The van der Waals surface area contributed by atoms with Crippen molar-refractivity contribution in [2.24, 2.45) is 0 Å². The SMILES string of the molecule is CC1CCCC(C)N1C(=O)CNc1ccc(-c2nnnn2C2CC2)cc1. The molecule has 1 aromatic heterocycles. The van der Waals surface area contributed by atoms with Crippen molar-refractivity contribution in [2.75, 3.05) is 11.9 Å². The quantitative estimate of drug-likeness (QED) is 0.893. The molecule has 138 valence electrons. The van der Waals surface area contributed by atoms with Gasteiger partial charge in [-0.05, 0) is 80.6 Å². The van der Waals surface area contributed by atoms with E-state index in [0.29, 0.717) is 24.7 Å². The van der Waals surface area contributed by atoms with E-state index in [-0.39, 0.29) is 5.91 Å². The molecule has 1 aliphatic heterocycles. The number of nitrogens with one attached hydrogen (secondary N) is 1. The maximum absolute atomic E-state index is 12.6. The van der Waals surface area contributed by atoms with Crippen LogP contribution in [0.4, 0.5) is 5.69 Å². The van der Waals surface area contributed by atoms with Gasteiger partial charge in [0.05, 0.1) is 12.6 Å². The van der Waals surface area contributed by atoms with Crippen LogP contribution in [-0.2, 0) is 4.79 Å². The highest BCUT2D eigenvalue weighted by atomic mass is 16.2. The molecule has 1 aliphatic carbocycles.